The number of hydrogen-bond donors (Lipinski definition) is 1. The first kappa shape index (κ1) is 11.7. The Morgan fingerprint density at radius 3 is 2.78 bits per heavy atom. The smallest absolute Gasteiger partial charge is 0.0862 e. The molecule has 18 heavy (non-hydrogen) atoms. The van der Waals surface area contributed by atoms with Crippen LogP contribution < -0.4 is 5.73 Å². The maximum atomic E-state index is 5.91. The van der Waals surface area contributed by atoms with Crippen molar-refractivity contribution in [1.82, 2.24) is 9.59 Å². The zero-order valence-electron chi connectivity index (χ0n) is 10.5. The van der Waals surface area contributed by atoms with Crippen molar-refractivity contribution in [2.45, 2.75) is 32.1 Å². The Balaban J connectivity index is 2.03. The summed E-state index contributed by atoms with van der Waals surface area (Å²) >= 11 is 1.49. The van der Waals surface area contributed by atoms with Crippen LogP contribution >= 0.6 is 11.5 Å². The first-order valence-corrected chi connectivity index (χ1v) is 7.17. The number of rotatable bonds is 3. The van der Waals surface area contributed by atoms with Crippen molar-refractivity contribution < 1.29 is 0 Å². The number of aromatic nitrogens is 2. The van der Waals surface area contributed by atoms with E-state index in [2.05, 4.69) is 28.6 Å². The second kappa shape index (κ2) is 4.69. The van der Waals surface area contributed by atoms with Crippen LogP contribution in [0.3, 0.4) is 0 Å². The zero-order chi connectivity index (χ0) is 12.5. The van der Waals surface area contributed by atoms with E-state index in [4.69, 9.17) is 5.73 Å². The van der Waals surface area contributed by atoms with Gasteiger partial charge in [0.2, 0.25) is 0 Å². The third kappa shape index (κ3) is 2.01. The largest absolute Gasteiger partial charge is 0.399 e. The highest BCUT2D eigenvalue weighted by atomic mass is 32.1. The minimum atomic E-state index is 0.376. The van der Waals surface area contributed by atoms with E-state index in [1.807, 2.05) is 12.1 Å². The van der Waals surface area contributed by atoms with Crippen molar-refractivity contribution in [2.75, 3.05) is 5.73 Å². The molecule has 1 heterocycles. The van der Waals surface area contributed by atoms with Gasteiger partial charge in [0.05, 0.1) is 5.69 Å². The molecule has 1 aromatic heterocycles. The van der Waals surface area contributed by atoms with Gasteiger partial charge in [0, 0.05) is 16.5 Å². The van der Waals surface area contributed by atoms with Gasteiger partial charge >= 0.3 is 0 Å². The lowest BCUT2D eigenvalue weighted by Crippen LogP contribution is -2.22. The van der Waals surface area contributed by atoms with Crippen LogP contribution in [-0.2, 0) is 0 Å². The summed E-state index contributed by atoms with van der Waals surface area (Å²) in [6.45, 7) is 2.11. The van der Waals surface area contributed by atoms with Crippen LogP contribution in [0.5, 0.6) is 0 Å². The van der Waals surface area contributed by atoms with Crippen LogP contribution in [0.2, 0.25) is 0 Å². The molecule has 1 atom stereocenters. The molecular formula is C14H17N3S. The monoisotopic (exact) mass is 259 g/mol. The van der Waals surface area contributed by atoms with E-state index in [-0.39, 0.29) is 0 Å². The quantitative estimate of drug-likeness (QED) is 0.860. The molecule has 0 radical (unpaired) electrons. The van der Waals surface area contributed by atoms with Gasteiger partial charge in [-0.2, -0.15) is 0 Å². The molecule has 0 aliphatic heterocycles. The summed E-state index contributed by atoms with van der Waals surface area (Å²) in [6, 6.07) is 8.22. The Labute approximate surface area is 111 Å². The lowest BCUT2D eigenvalue weighted by Gasteiger charge is -2.33. The molecule has 4 heteroatoms. The average molecular weight is 259 g/mol. The Kier molecular flexibility index (Phi) is 3.04. The molecule has 0 spiro atoms. The Morgan fingerprint density at radius 1 is 1.39 bits per heavy atom. The first-order valence-electron chi connectivity index (χ1n) is 6.40. The highest BCUT2D eigenvalue weighted by Gasteiger charge is 2.32. The van der Waals surface area contributed by atoms with E-state index in [9.17, 15) is 0 Å². The molecule has 1 saturated carbocycles. The van der Waals surface area contributed by atoms with Gasteiger partial charge in [-0.3, -0.25) is 0 Å². The van der Waals surface area contributed by atoms with Gasteiger partial charge in [-0.05, 0) is 54.9 Å². The zero-order valence-corrected chi connectivity index (χ0v) is 11.3. The molecule has 1 aliphatic rings. The molecule has 2 N–H and O–H groups in total. The number of hydrogen-bond acceptors (Lipinski definition) is 4. The Bertz CT molecular complexity index is 545. The Morgan fingerprint density at radius 2 is 2.22 bits per heavy atom. The molecule has 2 aromatic rings. The summed E-state index contributed by atoms with van der Waals surface area (Å²) in [5.41, 5.74) is 9.18. The first-order chi connectivity index (χ1) is 8.75. The van der Waals surface area contributed by atoms with E-state index in [1.54, 1.807) is 0 Å². The lowest BCUT2D eigenvalue weighted by atomic mass is 9.71. The summed E-state index contributed by atoms with van der Waals surface area (Å²) < 4.78 is 4.09. The van der Waals surface area contributed by atoms with E-state index in [1.165, 1.54) is 41.2 Å². The van der Waals surface area contributed by atoms with Gasteiger partial charge in [0.1, 0.15) is 0 Å². The van der Waals surface area contributed by atoms with Crippen molar-refractivity contribution in [3.63, 3.8) is 0 Å². The number of aryl methyl sites for hydroxylation is 1. The molecule has 1 fully saturated rings. The normalized spacial score (nSPS) is 17.4. The van der Waals surface area contributed by atoms with E-state index in [0.29, 0.717) is 11.8 Å². The van der Waals surface area contributed by atoms with Crippen molar-refractivity contribution in [3.05, 3.63) is 40.4 Å². The topological polar surface area (TPSA) is 51.8 Å². The summed E-state index contributed by atoms with van der Waals surface area (Å²) in [5, 5.41) is 4.35. The number of benzene rings is 1. The highest BCUT2D eigenvalue weighted by molar-refractivity contribution is 7.05. The van der Waals surface area contributed by atoms with Crippen molar-refractivity contribution in [3.8, 4) is 0 Å². The van der Waals surface area contributed by atoms with Gasteiger partial charge in [-0.25, -0.2) is 0 Å². The van der Waals surface area contributed by atoms with Gasteiger partial charge in [0.25, 0.3) is 0 Å². The van der Waals surface area contributed by atoms with Crippen LogP contribution in [-0.4, -0.2) is 9.59 Å². The lowest BCUT2D eigenvalue weighted by molar-refractivity contribution is 0.280. The van der Waals surface area contributed by atoms with Crippen molar-refractivity contribution in [2.24, 2.45) is 5.92 Å². The summed E-state index contributed by atoms with van der Waals surface area (Å²) in [5.74, 6) is 1.08. The highest BCUT2D eigenvalue weighted by Crippen LogP contribution is 2.44. The molecule has 3 rings (SSSR count). The molecule has 0 saturated heterocycles. The minimum absolute atomic E-state index is 0.376. The number of nitrogens with zero attached hydrogens (tertiary/aromatic N) is 2. The fourth-order valence-electron chi connectivity index (χ4n) is 2.70. The van der Waals surface area contributed by atoms with Gasteiger partial charge < -0.3 is 5.73 Å². The van der Waals surface area contributed by atoms with Crippen LogP contribution in [0, 0.1) is 12.8 Å². The van der Waals surface area contributed by atoms with Crippen LogP contribution in [0.4, 0.5) is 5.69 Å². The van der Waals surface area contributed by atoms with Gasteiger partial charge in [0.15, 0.2) is 0 Å². The number of nitrogens with two attached hydrogens (primary N) is 1. The Hall–Kier alpha value is -1.42. The molecule has 3 nitrogen and oxygen atoms in total. The maximum absolute atomic E-state index is 5.91. The van der Waals surface area contributed by atoms with E-state index in [0.717, 1.165) is 11.4 Å². The second-order valence-electron chi connectivity index (χ2n) is 5.05. The van der Waals surface area contributed by atoms with Gasteiger partial charge in [-0.15, -0.1) is 5.10 Å². The average Bonchev–Trinajstić information content (AvgIpc) is 2.69. The molecule has 0 unspecified atom stereocenters. The predicted molar refractivity (Wildman–Crippen MR) is 74.7 cm³/mol. The molecule has 1 aromatic carbocycles. The number of anilines is 1. The fraction of sp³-hybridized carbons (Fsp3) is 0.429. The summed E-state index contributed by atoms with van der Waals surface area (Å²) in [6.07, 6.45) is 3.91. The fourth-order valence-corrected chi connectivity index (χ4v) is 3.22. The van der Waals surface area contributed by atoms with E-state index >= 15 is 0 Å². The third-order valence-electron chi connectivity index (χ3n) is 3.87. The minimum Gasteiger partial charge on any atom is -0.399 e. The predicted octanol–water partition coefficient (Wildman–Crippen LogP) is 3.36. The summed E-state index contributed by atoms with van der Waals surface area (Å²) in [4.78, 5) is 1.23. The van der Waals surface area contributed by atoms with Crippen LogP contribution in [0.1, 0.15) is 41.3 Å². The van der Waals surface area contributed by atoms with Crippen molar-refractivity contribution >= 4 is 17.2 Å². The molecule has 94 valence electrons. The maximum Gasteiger partial charge on any atom is 0.0862 e. The second-order valence-corrected chi connectivity index (χ2v) is 6.01. The standard InChI is InChI=1S/C14H17N3S/c1-9-14(16-17-18-9)13(10-4-2-5-10)11-6-3-7-12(15)8-11/h3,6-8,10,13H,2,4-5,15H2,1H3/t13-/m0/s1. The molecule has 0 bridgehead atoms. The van der Waals surface area contributed by atoms with Crippen LogP contribution in [0.25, 0.3) is 0 Å². The molecule has 0 amide bonds. The molecule has 1 aliphatic carbocycles. The number of nitrogen functional groups attached to an aromatic ring is 1. The van der Waals surface area contributed by atoms with Crippen LogP contribution in [0.15, 0.2) is 24.3 Å². The van der Waals surface area contributed by atoms with Gasteiger partial charge in [-0.1, -0.05) is 23.0 Å². The molecular weight excluding hydrogens is 242 g/mol. The SMILES string of the molecule is Cc1snnc1[C@H](c1cccc(N)c1)C1CCC1. The summed E-state index contributed by atoms with van der Waals surface area (Å²) in [7, 11) is 0. The van der Waals surface area contributed by atoms with E-state index < -0.39 is 0 Å². The third-order valence-corrected chi connectivity index (χ3v) is 4.52. The van der Waals surface area contributed by atoms with Crippen molar-refractivity contribution in [1.29, 1.82) is 0 Å².